The molecule has 1 aromatic carbocycles. The van der Waals surface area contributed by atoms with E-state index in [0.29, 0.717) is 10.7 Å². The smallest absolute Gasteiger partial charge is 0.251 e. The number of hydrogen-bond acceptors (Lipinski definition) is 4. The van der Waals surface area contributed by atoms with Crippen LogP contribution in [0.4, 0.5) is 5.13 Å². The molecule has 3 N–H and O–H groups in total. The van der Waals surface area contributed by atoms with Crippen molar-refractivity contribution in [3.8, 4) is 0 Å². The van der Waals surface area contributed by atoms with Crippen LogP contribution in [0.3, 0.4) is 0 Å². The van der Waals surface area contributed by atoms with Gasteiger partial charge in [0, 0.05) is 12.6 Å². The number of nitrogen functional groups attached to an aromatic ring is 1. The molecule has 5 heteroatoms. The largest absolute Gasteiger partial charge is 0.375 e. The SMILES string of the molecule is CNC(=O)c1cc(C)c2nc(N)sc2c1. The van der Waals surface area contributed by atoms with E-state index in [2.05, 4.69) is 10.3 Å². The van der Waals surface area contributed by atoms with Gasteiger partial charge in [-0.2, -0.15) is 0 Å². The van der Waals surface area contributed by atoms with Gasteiger partial charge >= 0.3 is 0 Å². The van der Waals surface area contributed by atoms with Crippen molar-refractivity contribution >= 4 is 32.6 Å². The second-order valence-electron chi connectivity index (χ2n) is 3.27. The van der Waals surface area contributed by atoms with Gasteiger partial charge < -0.3 is 11.1 Å². The number of benzene rings is 1. The van der Waals surface area contributed by atoms with Crippen molar-refractivity contribution in [1.29, 1.82) is 0 Å². The summed E-state index contributed by atoms with van der Waals surface area (Å²) in [4.78, 5) is 15.7. The van der Waals surface area contributed by atoms with Gasteiger partial charge in [-0.15, -0.1) is 0 Å². The van der Waals surface area contributed by atoms with Crippen molar-refractivity contribution in [3.05, 3.63) is 23.3 Å². The number of aromatic nitrogens is 1. The third-order valence-electron chi connectivity index (χ3n) is 2.19. The lowest BCUT2D eigenvalue weighted by molar-refractivity contribution is 0.0963. The molecule has 0 aliphatic rings. The number of hydrogen-bond donors (Lipinski definition) is 2. The molecule has 0 saturated heterocycles. The summed E-state index contributed by atoms with van der Waals surface area (Å²) >= 11 is 1.40. The monoisotopic (exact) mass is 221 g/mol. The first kappa shape index (κ1) is 9.92. The van der Waals surface area contributed by atoms with E-state index in [1.165, 1.54) is 11.3 Å². The van der Waals surface area contributed by atoms with E-state index in [1.807, 2.05) is 19.1 Å². The van der Waals surface area contributed by atoms with Crippen LogP contribution in [-0.4, -0.2) is 17.9 Å². The van der Waals surface area contributed by atoms with Crippen LogP contribution in [0.25, 0.3) is 10.2 Å². The predicted octanol–water partition coefficient (Wildman–Crippen LogP) is 1.55. The Kier molecular flexibility index (Phi) is 2.32. The third-order valence-corrected chi connectivity index (χ3v) is 3.02. The second-order valence-corrected chi connectivity index (χ2v) is 4.33. The molecule has 1 aromatic heterocycles. The van der Waals surface area contributed by atoms with Gasteiger partial charge in [-0.1, -0.05) is 11.3 Å². The molecule has 15 heavy (non-hydrogen) atoms. The molecule has 1 amide bonds. The Morgan fingerprint density at radius 2 is 2.27 bits per heavy atom. The van der Waals surface area contributed by atoms with E-state index in [4.69, 9.17) is 5.73 Å². The maximum atomic E-state index is 11.5. The zero-order valence-electron chi connectivity index (χ0n) is 8.50. The van der Waals surface area contributed by atoms with Crippen LogP contribution >= 0.6 is 11.3 Å². The molecule has 0 saturated carbocycles. The Hall–Kier alpha value is -1.62. The first-order valence-electron chi connectivity index (χ1n) is 4.50. The minimum absolute atomic E-state index is 0.0908. The van der Waals surface area contributed by atoms with Gasteiger partial charge in [0.2, 0.25) is 0 Å². The highest BCUT2D eigenvalue weighted by molar-refractivity contribution is 7.22. The van der Waals surface area contributed by atoms with Crippen LogP contribution in [0, 0.1) is 6.92 Å². The summed E-state index contributed by atoms with van der Waals surface area (Å²) in [6.07, 6.45) is 0. The first-order chi connectivity index (χ1) is 7.11. The topological polar surface area (TPSA) is 68.0 Å². The Bertz CT molecular complexity index is 533. The van der Waals surface area contributed by atoms with E-state index in [0.717, 1.165) is 15.8 Å². The van der Waals surface area contributed by atoms with Gasteiger partial charge in [0.15, 0.2) is 5.13 Å². The molecule has 4 nitrogen and oxygen atoms in total. The van der Waals surface area contributed by atoms with E-state index in [1.54, 1.807) is 7.05 Å². The summed E-state index contributed by atoms with van der Waals surface area (Å²) in [5.41, 5.74) is 8.12. The lowest BCUT2D eigenvalue weighted by Gasteiger charge is -2.01. The van der Waals surface area contributed by atoms with Gasteiger partial charge in [0.05, 0.1) is 10.2 Å². The summed E-state index contributed by atoms with van der Waals surface area (Å²) in [6, 6.07) is 3.63. The van der Waals surface area contributed by atoms with Crippen molar-refractivity contribution in [1.82, 2.24) is 10.3 Å². The number of nitrogens with zero attached hydrogens (tertiary/aromatic N) is 1. The number of thiazole rings is 1. The lowest BCUT2D eigenvalue weighted by atomic mass is 10.1. The summed E-state index contributed by atoms with van der Waals surface area (Å²) in [5, 5.41) is 3.12. The Morgan fingerprint density at radius 3 is 2.93 bits per heavy atom. The number of nitrogens with two attached hydrogens (primary N) is 1. The number of nitrogens with one attached hydrogen (secondary N) is 1. The zero-order chi connectivity index (χ0) is 11.0. The summed E-state index contributed by atoms with van der Waals surface area (Å²) in [6.45, 7) is 1.92. The van der Waals surface area contributed by atoms with Crippen molar-refractivity contribution in [2.75, 3.05) is 12.8 Å². The first-order valence-corrected chi connectivity index (χ1v) is 5.32. The number of fused-ring (bicyclic) bond motifs is 1. The molecular weight excluding hydrogens is 210 g/mol. The number of carbonyl (C=O) groups is 1. The van der Waals surface area contributed by atoms with Crippen LogP contribution in [0.1, 0.15) is 15.9 Å². The summed E-state index contributed by atoms with van der Waals surface area (Å²) in [7, 11) is 1.61. The quantitative estimate of drug-likeness (QED) is 0.767. The van der Waals surface area contributed by atoms with Crippen molar-refractivity contribution in [2.24, 2.45) is 0 Å². The average molecular weight is 221 g/mol. The molecule has 0 atom stereocenters. The molecule has 0 aliphatic heterocycles. The third kappa shape index (κ3) is 1.66. The van der Waals surface area contributed by atoms with Crippen molar-refractivity contribution < 1.29 is 4.79 Å². The normalized spacial score (nSPS) is 10.5. The number of carbonyl (C=O) groups excluding carboxylic acids is 1. The second kappa shape index (κ2) is 3.51. The van der Waals surface area contributed by atoms with E-state index in [-0.39, 0.29) is 5.91 Å². The molecular formula is C10H11N3OS. The van der Waals surface area contributed by atoms with E-state index >= 15 is 0 Å². The van der Waals surface area contributed by atoms with Gasteiger partial charge in [-0.25, -0.2) is 4.98 Å². The van der Waals surface area contributed by atoms with Gasteiger partial charge in [-0.3, -0.25) is 4.79 Å². The van der Waals surface area contributed by atoms with Gasteiger partial charge in [0.1, 0.15) is 0 Å². The molecule has 0 unspecified atom stereocenters. The minimum Gasteiger partial charge on any atom is -0.375 e. The fourth-order valence-corrected chi connectivity index (χ4v) is 2.34. The van der Waals surface area contributed by atoms with Crippen LogP contribution in [0.15, 0.2) is 12.1 Å². The molecule has 2 rings (SSSR count). The van der Waals surface area contributed by atoms with Crippen molar-refractivity contribution in [3.63, 3.8) is 0 Å². The number of aryl methyl sites for hydroxylation is 1. The number of amides is 1. The fraction of sp³-hybridized carbons (Fsp3) is 0.200. The van der Waals surface area contributed by atoms with Gasteiger partial charge in [0.25, 0.3) is 5.91 Å². The lowest BCUT2D eigenvalue weighted by Crippen LogP contribution is -2.17. The predicted molar refractivity (Wildman–Crippen MR) is 62.2 cm³/mol. The van der Waals surface area contributed by atoms with Crippen LogP contribution in [-0.2, 0) is 0 Å². The zero-order valence-corrected chi connectivity index (χ0v) is 9.31. The maximum absolute atomic E-state index is 11.5. The molecule has 1 heterocycles. The van der Waals surface area contributed by atoms with E-state index < -0.39 is 0 Å². The average Bonchev–Trinajstić information content (AvgIpc) is 2.58. The standard InChI is InChI=1S/C10H11N3OS/c1-5-3-6(9(14)12-2)4-7-8(5)13-10(11)15-7/h3-4H,1-2H3,(H2,11,13)(H,12,14). The highest BCUT2D eigenvalue weighted by Crippen LogP contribution is 2.27. The van der Waals surface area contributed by atoms with E-state index in [9.17, 15) is 4.79 Å². The molecule has 0 bridgehead atoms. The van der Waals surface area contributed by atoms with Crippen LogP contribution in [0.2, 0.25) is 0 Å². The highest BCUT2D eigenvalue weighted by atomic mass is 32.1. The molecule has 0 spiro atoms. The summed E-state index contributed by atoms with van der Waals surface area (Å²) in [5.74, 6) is -0.0908. The highest BCUT2D eigenvalue weighted by Gasteiger charge is 2.09. The minimum atomic E-state index is -0.0908. The Morgan fingerprint density at radius 1 is 1.53 bits per heavy atom. The molecule has 0 radical (unpaired) electrons. The fourth-order valence-electron chi connectivity index (χ4n) is 1.49. The van der Waals surface area contributed by atoms with Crippen LogP contribution < -0.4 is 11.1 Å². The van der Waals surface area contributed by atoms with Crippen molar-refractivity contribution in [2.45, 2.75) is 6.92 Å². The summed E-state index contributed by atoms with van der Waals surface area (Å²) < 4.78 is 0.950. The Balaban J connectivity index is 2.66. The molecule has 0 fully saturated rings. The molecule has 78 valence electrons. The van der Waals surface area contributed by atoms with Crippen LogP contribution in [0.5, 0.6) is 0 Å². The maximum Gasteiger partial charge on any atom is 0.251 e. The molecule has 0 aliphatic carbocycles. The number of anilines is 1. The Labute approximate surface area is 91.1 Å². The number of rotatable bonds is 1. The van der Waals surface area contributed by atoms with Gasteiger partial charge in [-0.05, 0) is 24.6 Å². The molecule has 2 aromatic rings.